The minimum Gasteiger partial charge on any atom is -0.493 e. The molecule has 0 bridgehead atoms. The van der Waals surface area contributed by atoms with Crippen molar-refractivity contribution in [3.05, 3.63) is 58.8 Å². The Kier molecular flexibility index (Phi) is 5.73. The summed E-state index contributed by atoms with van der Waals surface area (Å²) in [6.07, 6.45) is 2.49. The summed E-state index contributed by atoms with van der Waals surface area (Å²) in [7, 11) is -2.35. The summed E-state index contributed by atoms with van der Waals surface area (Å²) >= 11 is 6.27. The molecule has 2 aromatic carbocycles. The van der Waals surface area contributed by atoms with Gasteiger partial charge in [0.05, 0.1) is 24.0 Å². The lowest BCUT2D eigenvalue weighted by Crippen LogP contribution is -2.28. The fourth-order valence-electron chi connectivity index (χ4n) is 2.47. The van der Waals surface area contributed by atoms with Crippen LogP contribution in [0.15, 0.2) is 47.4 Å². The highest BCUT2D eigenvalue weighted by atomic mass is 32.2. The number of amides is 1. The first-order chi connectivity index (χ1) is 13.2. The Balaban J connectivity index is 1.93. The minimum atomic E-state index is -3.72. The summed E-state index contributed by atoms with van der Waals surface area (Å²) in [4.78, 5) is 14.2. The minimum absolute atomic E-state index is 0.0288. The number of halogens is 1. The first kappa shape index (κ1) is 20.3. The van der Waals surface area contributed by atoms with Crippen LogP contribution in [0.5, 0.6) is 11.5 Å². The molecule has 0 radical (unpaired) electrons. The molecule has 1 fully saturated rings. The molecule has 0 spiro atoms. The third-order valence-corrected chi connectivity index (χ3v) is 5.40. The molecular formula is C18H14FNO5S3. The zero-order valence-electron chi connectivity index (χ0n) is 14.7. The fourth-order valence-corrected chi connectivity index (χ4v) is 4.21. The summed E-state index contributed by atoms with van der Waals surface area (Å²) in [5, 5.41) is 0. The molecule has 28 heavy (non-hydrogen) atoms. The van der Waals surface area contributed by atoms with Crippen molar-refractivity contribution in [1.82, 2.24) is 0 Å². The van der Waals surface area contributed by atoms with Gasteiger partial charge in [-0.15, -0.1) is 0 Å². The van der Waals surface area contributed by atoms with Crippen LogP contribution < -0.4 is 13.8 Å². The number of ether oxygens (including phenoxy) is 1. The molecule has 1 heterocycles. The van der Waals surface area contributed by atoms with E-state index in [1.54, 1.807) is 18.2 Å². The molecule has 0 unspecified atom stereocenters. The number of hydrogen-bond donors (Lipinski definition) is 0. The van der Waals surface area contributed by atoms with E-state index in [9.17, 15) is 17.6 Å². The van der Waals surface area contributed by atoms with Crippen molar-refractivity contribution < 1.29 is 26.5 Å². The summed E-state index contributed by atoms with van der Waals surface area (Å²) in [5.41, 5.74) is 0.648. The number of thiocarbonyl (C=S) groups is 1. The molecule has 0 saturated carbocycles. The Morgan fingerprint density at radius 3 is 2.54 bits per heavy atom. The predicted octanol–water partition coefficient (Wildman–Crippen LogP) is 3.58. The van der Waals surface area contributed by atoms with E-state index in [0.717, 1.165) is 22.9 Å². The maximum Gasteiger partial charge on any atom is 0.306 e. The number of benzene rings is 2. The number of para-hydroxylation sites is 1. The van der Waals surface area contributed by atoms with Crippen molar-refractivity contribution in [2.45, 2.75) is 0 Å². The normalized spacial score (nSPS) is 16.0. The van der Waals surface area contributed by atoms with Crippen molar-refractivity contribution in [2.24, 2.45) is 0 Å². The van der Waals surface area contributed by atoms with Crippen molar-refractivity contribution in [2.75, 3.05) is 18.3 Å². The fraction of sp³-hybridized carbons (Fsp3) is 0.111. The van der Waals surface area contributed by atoms with E-state index in [1.807, 2.05) is 0 Å². The van der Waals surface area contributed by atoms with E-state index in [-0.39, 0.29) is 21.5 Å². The standard InChI is InChI=1S/C18H14FNO5S3/c1-24-15-9-11(7-8-14(15)25-28(2,22)23)10-16-17(21)20(18(26)27-16)13-6-4-3-5-12(13)19/h3-10H,1-2H3/b16-10+. The number of rotatable bonds is 5. The second-order valence-electron chi connectivity index (χ2n) is 5.67. The van der Waals surface area contributed by atoms with Gasteiger partial charge in [0.25, 0.3) is 5.91 Å². The van der Waals surface area contributed by atoms with Crippen molar-refractivity contribution in [3.8, 4) is 11.5 Å². The summed E-state index contributed by atoms with van der Waals surface area (Å²) < 4.78 is 46.9. The van der Waals surface area contributed by atoms with Crippen LogP contribution >= 0.6 is 24.0 Å². The zero-order chi connectivity index (χ0) is 20.5. The molecular weight excluding hydrogens is 425 g/mol. The maximum absolute atomic E-state index is 14.1. The molecule has 1 aliphatic heterocycles. The maximum atomic E-state index is 14.1. The van der Waals surface area contributed by atoms with Gasteiger partial charge in [-0.1, -0.05) is 42.2 Å². The van der Waals surface area contributed by atoms with Gasteiger partial charge in [0, 0.05) is 0 Å². The van der Waals surface area contributed by atoms with Crippen molar-refractivity contribution in [3.63, 3.8) is 0 Å². The van der Waals surface area contributed by atoms with Gasteiger partial charge in [0.15, 0.2) is 15.8 Å². The Morgan fingerprint density at radius 1 is 1.18 bits per heavy atom. The van der Waals surface area contributed by atoms with Gasteiger partial charge in [-0.3, -0.25) is 9.69 Å². The van der Waals surface area contributed by atoms with Gasteiger partial charge in [0.2, 0.25) is 0 Å². The Hall–Kier alpha value is -2.43. The molecule has 1 saturated heterocycles. The highest BCUT2D eigenvalue weighted by molar-refractivity contribution is 8.27. The van der Waals surface area contributed by atoms with Crippen LogP contribution in [0.25, 0.3) is 6.08 Å². The van der Waals surface area contributed by atoms with Crippen LogP contribution in [0.1, 0.15) is 5.56 Å². The topological polar surface area (TPSA) is 72.9 Å². The second-order valence-corrected chi connectivity index (χ2v) is 8.92. The van der Waals surface area contributed by atoms with E-state index in [4.69, 9.17) is 21.1 Å². The van der Waals surface area contributed by atoms with Crippen LogP contribution in [-0.4, -0.2) is 32.0 Å². The van der Waals surface area contributed by atoms with E-state index < -0.39 is 21.8 Å². The Morgan fingerprint density at radius 2 is 1.89 bits per heavy atom. The van der Waals surface area contributed by atoms with Crippen molar-refractivity contribution >= 4 is 56.1 Å². The average molecular weight is 440 g/mol. The zero-order valence-corrected chi connectivity index (χ0v) is 17.2. The lowest BCUT2D eigenvalue weighted by atomic mass is 10.2. The molecule has 2 aromatic rings. The van der Waals surface area contributed by atoms with Crippen LogP contribution in [-0.2, 0) is 14.9 Å². The summed E-state index contributed by atoms with van der Waals surface area (Å²) in [6.45, 7) is 0. The molecule has 10 heteroatoms. The molecule has 6 nitrogen and oxygen atoms in total. The molecule has 0 atom stereocenters. The van der Waals surface area contributed by atoms with Crippen LogP contribution in [0.3, 0.4) is 0 Å². The van der Waals surface area contributed by atoms with Crippen molar-refractivity contribution in [1.29, 1.82) is 0 Å². The average Bonchev–Trinajstić information content (AvgIpc) is 2.89. The third-order valence-electron chi connectivity index (χ3n) is 3.61. The van der Waals surface area contributed by atoms with Crippen LogP contribution in [0.4, 0.5) is 10.1 Å². The number of carbonyl (C=O) groups excluding carboxylic acids is 1. The first-order valence-electron chi connectivity index (χ1n) is 7.79. The van der Waals surface area contributed by atoms with E-state index in [2.05, 4.69) is 0 Å². The number of methoxy groups -OCH3 is 1. The van der Waals surface area contributed by atoms with Gasteiger partial charge in [-0.2, -0.15) is 8.42 Å². The lowest BCUT2D eigenvalue weighted by molar-refractivity contribution is -0.113. The third kappa shape index (κ3) is 4.34. The number of anilines is 1. The van der Waals surface area contributed by atoms with Gasteiger partial charge in [-0.25, -0.2) is 4.39 Å². The van der Waals surface area contributed by atoms with Crippen LogP contribution in [0, 0.1) is 5.82 Å². The lowest BCUT2D eigenvalue weighted by Gasteiger charge is -2.14. The molecule has 0 N–H and O–H groups in total. The Labute approximate surface area is 171 Å². The number of hydrogen-bond acceptors (Lipinski definition) is 7. The largest absolute Gasteiger partial charge is 0.493 e. The smallest absolute Gasteiger partial charge is 0.306 e. The molecule has 0 aliphatic carbocycles. The SMILES string of the molecule is COc1cc(/C=C2/SC(=S)N(c3ccccc3F)C2=O)ccc1OS(C)(=O)=O. The number of carbonyl (C=O) groups is 1. The highest BCUT2D eigenvalue weighted by Gasteiger charge is 2.34. The van der Waals surface area contributed by atoms with E-state index in [1.165, 1.54) is 37.4 Å². The molecule has 1 amide bonds. The molecule has 0 aromatic heterocycles. The molecule has 1 aliphatic rings. The van der Waals surface area contributed by atoms with Gasteiger partial charge < -0.3 is 8.92 Å². The quantitative estimate of drug-likeness (QED) is 0.401. The van der Waals surface area contributed by atoms with E-state index in [0.29, 0.717) is 10.5 Å². The molecule has 146 valence electrons. The van der Waals surface area contributed by atoms with E-state index >= 15 is 0 Å². The van der Waals surface area contributed by atoms with Gasteiger partial charge in [-0.05, 0) is 35.9 Å². The molecule has 3 rings (SSSR count). The van der Waals surface area contributed by atoms with Gasteiger partial charge >= 0.3 is 10.1 Å². The summed E-state index contributed by atoms with van der Waals surface area (Å²) in [6, 6.07) is 10.4. The first-order valence-corrected chi connectivity index (χ1v) is 10.8. The summed E-state index contributed by atoms with van der Waals surface area (Å²) in [5.74, 6) is -0.788. The number of nitrogens with zero attached hydrogens (tertiary/aromatic N) is 1. The van der Waals surface area contributed by atoms with Gasteiger partial charge in [0.1, 0.15) is 5.82 Å². The monoisotopic (exact) mass is 439 g/mol. The van der Waals surface area contributed by atoms with Crippen LogP contribution in [0.2, 0.25) is 0 Å². The predicted molar refractivity (Wildman–Crippen MR) is 111 cm³/mol. The highest BCUT2D eigenvalue weighted by Crippen LogP contribution is 2.38. The Bertz CT molecular complexity index is 1100. The number of thioether (sulfide) groups is 1. The second kappa shape index (κ2) is 7.90.